The van der Waals surface area contributed by atoms with Crippen LogP contribution in [0.4, 0.5) is 5.88 Å². The van der Waals surface area contributed by atoms with Crippen LogP contribution in [0.25, 0.3) is 11.0 Å². The molecule has 0 radical (unpaired) electrons. The molecule has 0 aromatic carbocycles. The van der Waals surface area contributed by atoms with E-state index in [1.807, 2.05) is 0 Å². The van der Waals surface area contributed by atoms with Gasteiger partial charge in [0.05, 0.1) is 11.8 Å². The van der Waals surface area contributed by atoms with Gasteiger partial charge in [0.25, 0.3) is 5.56 Å². The molecule has 0 fully saturated rings. The zero-order chi connectivity index (χ0) is 19.7. The van der Waals surface area contributed by atoms with Crippen molar-refractivity contribution in [2.75, 3.05) is 0 Å². The first-order chi connectivity index (χ1) is 13.5. The summed E-state index contributed by atoms with van der Waals surface area (Å²) >= 11 is 1.50. The maximum Gasteiger partial charge on any atom is 0.433 e. The van der Waals surface area contributed by atoms with E-state index in [0.717, 1.165) is 37.5 Å². The number of nitrogens with zero attached hydrogens (tertiary/aromatic N) is 3. The topological polar surface area (TPSA) is 117 Å². The van der Waals surface area contributed by atoms with Crippen LogP contribution in [0.15, 0.2) is 33.5 Å². The van der Waals surface area contributed by atoms with Crippen molar-refractivity contribution >= 4 is 34.2 Å². The zero-order valence-corrected chi connectivity index (χ0v) is 15.4. The number of hydrogen-bond donors (Lipinski definition) is 0. The maximum absolute atomic E-state index is 12.5. The number of nitro groups is 1. The summed E-state index contributed by atoms with van der Waals surface area (Å²) in [6.45, 7) is -0.143. The predicted molar refractivity (Wildman–Crippen MR) is 100 cm³/mol. The molecule has 3 aromatic rings. The Hall–Kier alpha value is -3.27. The van der Waals surface area contributed by atoms with Crippen molar-refractivity contribution in [2.45, 2.75) is 32.3 Å². The number of hydrogen-bond acceptors (Lipinski definition) is 8. The fourth-order valence-corrected chi connectivity index (χ4v) is 4.32. The largest absolute Gasteiger partial charge is 0.456 e. The molecule has 0 amide bonds. The molecule has 0 aliphatic heterocycles. The molecule has 0 saturated heterocycles. The van der Waals surface area contributed by atoms with Crippen LogP contribution < -0.4 is 5.56 Å². The lowest BCUT2D eigenvalue weighted by molar-refractivity contribution is -0.402. The van der Waals surface area contributed by atoms with E-state index in [9.17, 15) is 19.7 Å². The molecule has 10 heteroatoms. The molecule has 3 heterocycles. The van der Waals surface area contributed by atoms with E-state index in [4.69, 9.17) is 9.15 Å². The Kier molecular flexibility index (Phi) is 4.78. The number of carbonyl (C=O) groups is 1. The van der Waals surface area contributed by atoms with Gasteiger partial charge in [-0.3, -0.25) is 19.3 Å². The predicted octanol–water partition coefficient (Wildman–Crippen LogP) is 2.89. The van der Waals surface area contributed by atoms with E-state index < -0.39 is 16.8 Å². The quantitative estimate of drug-likeness (QED) is 0.279. The van der Waals surface area contributed by atoms with Crippen molar-refractivity contribution in [3.8, 4) is 0 Å². The third kappa shape index (κ3) is 3.58. The van der Waals surface area contributed by atoms with Gasteiger partial charge >= 0.3 is 11.9 Å². The Morgan fingerprint density at radius 2 is 2.21 bits per heavy atom. The summed E-state index contributed by atoms with van der Waals surface area (Å²) < 4.78 is 11.7. The third-order valence-corrected chi connectivity index (χ3v) is 5.50. The van der Waals surface area contributed by atoms with Gasteiger partial charge in [-0.1, -0.05) is 0 Å². The summed E-state index contributed by atoms with van der Waals surface area (Å²) in [7, 11) is 0. The van der Waals surface area contributed by atoms with Crippen LogP contribution in [-0.4, -0.2) is 20.3 Å². The van der Waals surface area contributed by atoms with Crippen molar-refractivity contribution < 1.29 is 18.9 Å². The fourth-order valence-electron chi connectivity index (χ4n) is 3.09. The third-order valence-electron chi connectivity index (χ3n) is 4.35. The highest BCUT2D eigenvalue weighted by Gasteiger charge is 2.18. The molecular formula is C18H15N3O6S. The van der Waals surface area contributed by atoms with Crippen LogP contribution in [0.3, 0.4) is 0 Å². The first-order valence-corrected chi connectivity index (χ1v) is 9.45. The Balaban J connectivity index is 1.44. The first kappa shape index (κ1) is 18.1. The zero-order valence-electron chi connectivity index (χ0n) is 14.6. The highest BCUT2D eigenvalue weighted by molar-refractivity contribution is 7.17. The van der Waals surface area contributed by atoms with E-state index in [1.54, 1.807) is 4.40 Å². The van der Waals surface area contributed by atoms with E-state index in [0.29, 0.717) is 10.7 Å². The minimum atomic E-state index is -0.675. The Bertz CT molecular complexity index is 1160. The number of aryl methyl sites for hydroxylation is 2. The van der Waals surface area contributed by atoms with Crippen molar-refractivity contribution in [2.24, 2.45) is 0 Å². The lowest BCUT2D eigenvalue weighted by atomic mass is 10.0. The number of carbonyl (C=O) groups excluding carboxylic acids is 1. The van der Waals surface area contributed by atoms with Gasteiger partial charge < -0.3 is 9.15 Å². The average Bonchev–Trinajstić information content (AvgIpc) is 3.29. The molecule has 0 saturated carbocycles. The molecular weight excluding hydrogens is 386 g/mol. The summed E-state index contributed by atoms with van der Waals surface area (Å²) in [4.78, 5) is 40.4. The van der Waals surface area contributed by atoms with Gasteiger partial charge in [0.2, 0.25) is 0 Å². The molecule has 1 aliphatic rings. The maximum atomic E-state index is 12.5. The number of fused-ring (bicyclic) bond motifs is 3. The summed E-state index contributed by atoms with van der Waals surface area (Å²) in [6, 6.07) is 3.94. The van der Waals surface area contributed by atoms with Gasteiger partial charge in [-0.15, -0.1) is 11.3 Å². The van der Waals surface area contributed by atoms with Gasteiger partial charge in [0.15, 0.2) is 4.96 Å². The highest BCUT2D eigenvalue weighted by atomic mass is 32.1. The minimum absolute atomic E-state index is 0.143. The summed E-state index contributed by atoms with van der Waals surface area (Å²) in [6.07, 6.45) is 6.38. The standard InChI is InChI=1S/C18H15N3O6S/c22-15-9-11(19-18-20(15)13-3-1-2-4-14(13)28-18)10-26-17(23)8-6-12-5-7-16(27-12)21(24)25/h5-9H,1-4,10H2/b8-6+. The molecule has 1 aliphatic carbocycles. The monoisotopic (exact) mass is 401 g/mol. The molecule has 0 bridgehead atoms. The number of furan rings is 1. The number of esters is 1. The second kappa shape index (κ2) is 7.39. The van der Waals surface area contributed by atoms with Crippen molar-refractivity contribution in [3.05, 3.63) is 66.8 Å². The number of ether oxygens (including phenoxy) is 1. The second-order valence-corrected chi connectivity index (χ2v) is 7.32. The fraction of sp³-hybridized carbons (Fsp3) is 0.278. The van der Waals surface area contributed by atoms with Crippen molar-refractivity contribution in [1.82, 2.24) is 9.38 Å². The smallest absolute Gasteiger partial charge is 0.433 e. The second-order valence-electron chi connectivity index (χ2n) is 6.26. The Labute approximate surface area is 162 Å². The molecule has 0 spiro atoms. The normalized spacial score (nSPS) is 13.7. The Morgan fingerprint density at radius 3 is 3.00 bits per heavy atom. The Morgan fingerprint density at radius 1 is 1.39 bits per heavy atom. The first-order valence-electron chi connectivity index (χ1n) is 8.63. The van der Waals surface area contributed by atoms with E-state index in [2.05, 4.69) is 4.98 Å². The average molecular weight is 401 g/mol. The molecule has 0 unspecified atom stereocenters. The molecule has 28 heavy (non-hydrogen) atoms. The molecule has 0 atom stereocenters. The molecule has 4 rings (SSSR count). The lowest BCUT2D eigenvalue weighted by Gasteiger charge is -2.10. The van der Waals surface area contributed by atoms with Gasteiger partial charge in [-0.25, -0.2) is 9.78 Å². The summed E-state index contributed by atoms with van der Waals surface area (Å²) in [5.41, 5.74) is 1.25. The van der Waals surface area contributed by atoms with Crippen LogP contribution in [0.2, 0.25) is 0 Å². The van der Waals surface area contributed by atoms with Crippen molar-refractivity contribution in [3.63, 3.8) is 0 Å². The van der Waals surface area contributed by atoms with E-state index in [-0.39, 0.29) is 17.9 Å². The van der Waals surface area contributed by atoms with Gasteiger partial charge in [0.1, 0.15) is 17.3 Å². The number of aromatic nitrogens is 2. The highest BCUT2D eigenvalue weighted by Crippen LogP contribution is 2.28. The van der Waals surface area contributed by atoms with E-state index in [1.165, 1.54) is 40.5 Å². The number of rotatable bonds is 5. The van der Waals surface area contributed by atoms with Crippen LogP contribution in [0.5, 0.6) is 0 Å². The van der Waals surface area contributed by atoms with Gasteiger partial charge in [0, 0.05) is 22.7 Å². The van der Waals surface area contributed by atoms with Gasteiger partial charge in [-0.2, -0.15) is 0 Å². The SMILES string of the molecule is O=C(/C=C/c1ccc([N+](=O)[O-])o1)OCc1cc(=O)n2c3c(sc2n1)CCCC3. The van der Waals surface area contributed by atoms with Crippen LogP contribution in [0.1, 0.15) is 34.9 Å². The van der Waals surface area contributed by atoms with Crippen LogP contribution in [-0.2, 0) is 29.0 Å². The van der Waals surface area contributed by atoms with Crippen LogP contribution in [0, 0.1) is 10.1 Å². The minimum Gasteiger partial charge on any atom is -0.456 e. The molecule has 0 N–H and O–H groups in total. The molecule has 9 nitrogen and oxygen atoms in total. The lowest BCUT2D eigenvalue weighted by Crippen LogP contribution is -2.18. The van der Waals surface area contributed by atoms with E-state index >= 15 is 0 Å². The molecule has 3 aromatic heterocycles. The van der Waals surface area contributed by atoms with Gasteiger partial charge in [-0.05, 0) is 37.8 Å². The molecule has 144 valence electrons. The summed E-state index contributed by atoms with van der Waals surface area (Å²) in [5, 5.41) is 10.6. The summed E-state index contributed by atoms with van der Waals surface area (Å²) in [5.74, 6) is -0.929. The van der Waals surface area contributed by atoms with Crippen LogP contribution >= 0.6 is 11.3 Å². The van der Waals surface area contributed by atoms with Crippen molar-refractivity contribution in [1.29, 1.82) is 0 Å². The number of thiazole rings is 1.